The van der Waals surface area contributed by atoms with Gasteiger partial charge in [-0.3, -0.25) is 4.79 Å². The van der Waals surface area contributed by atoms with Crippen molar-refractivity contribution in [3.05, 3.63) is 46.2 Å². The Morgan fingerprint density at radius 1 is 1.15 bits per heavy atom. The van der Waals surface area contributed by atoms with Crippen LogP contribution in [0.2, 0.25) is 5.02 Å². The standard InChI is InChI=1S/C25H36ClN3O4/c1-5-8-10-19(6-2)17-32-16-9-15-27-24(30)20-11-13-21(14-12-20)29-18(4)22(26)23(28-29)25(31)33-7-3/h11-14,19H,5-10,15-17H2,1-4H3,(H,27,30)/t19-/m1/s1. The first-order chi connectivity index (χ1) is 15.9. The minimum atomic E-state index is -0.560. The van der Waals surface area contributed by atoms with Crippen molar-refractivity contribution in [2.45, 2.75) is 59.8 Å². The fraction of sp³-hybridized carbons (Fsp3) is 0.560. The van der Waals surface area contributed by atoms with Gasteiger partial charge in [-0.1, -0.05) is 44.7 Å². The molecular weight excluding hydrogens is 442 g/mol. The maximum absolute atomic E-state index is 12.4. The number of hydrogen-bond acceptors (Lipinski definition) is 5. The van der Waals surface area contributed by atoms with Gasteiger partial charge in [0, 0.05) is 25.3 Å². The number of unbranched alkanes of at least 4 members (excludes halogenated alkanes) is 1. The quantitative estimate of drug-likeness (QED) is 0.292. The van der Waals surface area contributed by atoms with Gasteiger partial charge in [0.25, 0.3) is 5.91 Å². The molecule has 33 heavy (non-hydrogen) atoms. The van der Waals surface area contributed by atoms with E-state index in [9.17, 15) is 9.59 Å². The summed E-state index contributed by atoms with van der Waals surface area (Å²) in [5.41, 5.74) is 1.95. The van der Waals surface area contributed by atoms with E-state index in [4.69, 9.17) is 21.1 Å². The van der Waals surface area contributed by atoms with E-state index >= 15 is 0 Å². The third kappa shape index (κ3) is 7.86. The molecule has 0 bridgehead atoms. The summed E-state index contributed by atoms with van der Waals surface area (Å²) in [5.74, 6) is -0.0754. The fourth-order valence-electron chi connectivity index (χ4n) is 3.44. The summed E-state index contributed by atoms with van der Waals surface area (Å²) < 4.78 is 12.4. The van der Waals surface area contributed by atoms with Crippen LogP contribution in [0, 0.1) is 12.8 Å². The van der Waals surface area contributed by atoms with Crippen molar-refractivity contribution in [2.24, 2.45) is 5.92 Å². The van der Waals surface area contributed by atoms with Gasteiger partial charge in [-0.2, -0.15) is 5.10 Å². The Morgan fingerprint density at radius 2 is 1.88 bits per heavy atom. The summed E-state index contributed by atoms with van der Waals surface area (Å²) in [6, 6.07) is 6.98. The Labute approximate surface area is 201 Å². The molecule has 1 heterocycles. The van der Waals surface area contributed by atoms with Crippen molar-refractivity contribution in [1.29, 1.82) is 0 Å². The van der Waals surface area contributed by atoms with Gasteiger partial charge >= 0.3 is 5.97 Å². The molecule has 1 amide bonds. The summed E-state index contributed by atoms with van der Waals surface area (Å²) in [4.78, 5) is 24.4. The molecule has 0 saturated heterocycles. The monoisotopic (exact) mass is 477 g/mol. The Morgan fingerprint density at radius 3 is 2.52 bits per heavy atom. The third-order valence-electron chi connectivity index (χ3n) is 5.53. The van der Waals surface area contributed by atoms with Gasteiger partial charge in [0.2, 0.25) is 0 Å². The first-order valence-corrected chi connectivity index (χ1v) is 12.2. The number of rotatable bonds is 14. The summed E-state index contributed by atoms with van der Waals surface area (Å²) >= 11 is 6.26. The number of carbonyl (C=O) groups excluding carboxylic acids is 2. The molecular formula is C25H36ClN3O4. The molecule has 8 heteroatoms. The second-order valence-corrected chi connectivity index (χ2v) is 8.41. The Bertz CT molecular complexity index is 896. The van der Waals surface area contributed by atoms with Crippen LogP contribution in [-0.2, 0) is 9.47 Å². The van der Waals surface area contributed by atoms with E-state index in [1.807, 2.05) is 0 Å². The lowest BCUT2D eigenvalue weighted by atomic mass is 10.0. The number of halogens is 1. The highest BCUT2D eigenvalue weighted by Gasteiger charge is 2.21. The number of ether oxygens (including phenoxy) is 2. The third-order valence-corrected chi connectivity index (χ3v) is 5.99. The van der Waals surface area contributed by atoms with Gasteiger partial charge < -0.3 is 14.8 Å². The van der Waals surface area contributed by atoms with Gasteiger partial charge in [-0.05, 0) is 56.9 Å². The number of carbonyl (C=O) groups is 2. The van der Waals surface area contributed by atoms with Crippen LogP contribution in [0.15, 0.2) is 24.3 Å². The van der Waals surface area contributed by atoms with Crippen molar-refractivity contribution >= 4 is 23.5 Å². The number of nitrogens with zero attached hydrogens (tertiary/aromatic N) is 2. The molecule has 0 aliphatic carbocycles. The molecule has 0 fully saturated rings. The maximum atomic E-state index is 12.4. The molecule has 0 saturated carbocycles. The van der Waals surface area contributed by atoms with Crippen molar-refractivity contribution in [3.63, 3.8) is 0 Å². The number of esters is 1. The van der Waals surface area contributed by atoms with Crippen LogP contribution in [0.25, 0.3) is 5.69 Å². The number of benzene rings is 1. The van der Waals surface area contributed by atoms with Crippen molar-refractivity contribution < 1.29 is 19.1 Å². The molecule has 1 N–H and O–H groups in total. The van der Waals surface area contributed by atoms with Gasteiger partial charge in [-0.25, -0.2) is 9.48 Å². The second kappa shape index (κ2) is 14.0. The molecule has 0 radical (unpaired) electrons. The number of nitrogens with one attached hydrogen (secondary N) is 1. The average molecular weight is 478 g/mol. The van der Waals surface area contributed by atoms with E-state index in [1.165, 1.54) is 19.3 Å². The van der Waals surface area contributed by atoms with E-state index in [0.29, 0.717) is 36.0 Å². The topological polar surface area (TPSA) is 82.5 Å². The van der Waals surface area contributed by atoms with E-state index in [2.05, 4.69) is 24.3 Å². The van der Waals surface area contributed by atoms with E-state index < -0.39 is 5.97 Å². The lowest BCUT2D eigenvalue weighted by Crippen LogP contribution is -2.25. The number of amides is 1. The summed E-state index contributed by atoms with van der Waals surface area (Å²) in [7, 11) is 0. The zero-order valence-electron chi connectivity index (χ0n) is 20.2. The highest BCUT2D eigenvalue weighted by Crippen LogP contribution is 2.24. The predicted molar refractivity (Wildman–Crippen MR) is 130 cm³/mol. The SMILES string of the molecule is CCCC[C@@H](CC)COCCCNC(=O)c1ccc(-n2nc(C(=O)OCC)c(Cl)c2C)cc1. The largest absolute Gasteiger partial charge is 0.461 e. The Hall–Kier alpha value is -2.38. The summed E-state index contributed by atoms with van der Waals surface area (Å²) in [6.07, 6.45) is 5.59. The summed E-state index contributed by atoms with van der Waals surface area (Å²) in [5, 5.41) is 7.46. The molecule has 1 aromatic carbocycles. The molecule has 0 aliphatic rings. The first-order valence-electron chi connectivity index (χ1n) is 11.8. The average Bonchev–Trinajstić information content (AvgIpc) is 3.12. The molecule has 7 nitrogen and oxygen atoms in total. The molecule has 0 spiro atoms. The molecule has 0 unspecified atom stereocenters. The molecule has 182 valence electrons. The smallest absolute Gasteiger partial charge is 0.360 e. The van der Waals surface area contributed by atoms with Crippen LogP contribution >= 0.6 is 11.6 Å². The number of hydrogen-bond donors (Lipinski definition) is 1. The Kier molecular flexibility index (Phi) is 11.4. The van der Waals surface area contributed by atoms with Crippen LogP contribution in [0.3, 0.4) is 0 Å². The first kappa shape index (κ1) is 26.9. The van der Waals surface area contributed by atoms with Crippen LogP contribution < -0.4 is 5.32 Å². The molecule has 0 aliphatic heterocycles. The lowest BCUT2D eigenvalue weighted by Gasteiger charge is -2.14. The molecule has 1 aromatic heterocycles. The van der Waals surface area contributed by atoms with Gasteiger partial charge in [0.05, 0.1) is 23.0 Å². The van der Waals surface area contributed by atoms with Gasteiger partial charge in [0.1, 0.15) is 0 Å². The van der Waals surface area contributed by atoms with Crippen molar-refractivity contribution in [2.75, 3.05) is 26.4 Å². The van der Waals surface area contributed by atoms with E-state index in [-0.39, 0.29) is 23.2 Å². The van der Waals surface area contributed by atoms with Gasteiger partial charge in [0.15, 0.2) is 5.69 Å². The van der Waals surface area contributed by atoms with E-state index in [1.54, 1.807) is 42.8 Å². The maximum Gasteiger partial charge on any atom is 0.360 e. The van der Waals surface area contributed by atoms with Crippen LogP contribution in [0.1, 0.15) is 79.4 Å². The minimum absolute atomic E-state index is 0.0793. The second-order valence-electron chi connectivity index (χ2n) is 8.03. The van der Waals surface area contributed by atoms with Crippen molar-refractivity contribution in [1.82, 2.24) is 15.1 Å². The van der Waals surface area contributed by atoms with Crippen molar-refractivity contribution in [3.8, 4) is 5.69 Å². The van der Waals surface area contributed by atoms with Crippen LogP contribution in [-0.4, -0.2) is 48.0 Å². The highest BCUT2D eigenvalue weighted by molar-refractivity contribution is 6.34. The normalized spacial score (nSPS) is 11.9. The lowest BCUT2D eigenvalue weighted by molar-refractivity contribution is 0.0519. The Balaban J connectivity index is 1.84. The molecule has 2 rings (SSSR count). The van der Waals surface area contributed by atoms with Crippen LogP contribution in [0.5, 0.6) is 0 Å². The van der Waals surface area contributed by atoms with Gasteiger partial charge in [-0.15, -0.1) is 0 Å². The van der Waals surface area contributed by atoms with E-state index in [0.717, 1.165) is 19.4 Å². The molecule has 1 atom stereocenters. The fourth-order valence-corrected chi connectivity index (χ4v) is 3.64. The zero-order valence-corrected chi connectivity index (χ0v) is 20.9. The zero-order chi connectivity index (χ0) is 24.2. The number of aromatic nitrogens is 2. The van der Waals surface area contributed by atoms with Crippen LogP contribution in [0.4, 0.5) is 0 Å². The molecule has 2 aromatic rings. The highest BCUT2D eigenvalue weighted by atomic mass is 35.5. The predicted octanol–water partition coefficient (Wildman–Crippen LogP) is 5.36. The summed E-state index contributed by atoms with van der Waals surface area (Å²) in [6.45, 7) is 10.1. The minimum Gasteiger partial charge on any atom is -0.461 e.